The molecule has 0 saturated heterocycles. The van der Waals surface area contributed by atoms with Gasteiger partial charge in [-0.05, 0) is 41.4 Å². The van der Waals surface area contributed by atoms with Gasteiger partial charge in [0.25, 0.3) is 0 Å². The number of ketones is 1. The van der Waals surface area contributed by atoms with Gasteiger partial charge in [-0.1, -0.05) is 11.6 Å². The molecule has 7 heteroatoms. The molecule has 144 valence electrons. The van der Waals surface area contributed by atoms with Crippen LogP contribution in [-0.2, 0) is 19.2 Å². The predicted molar refractivity (Wildman–Crippen MR) is 113 cm³/mol. The van der Waals surface area contributed by atoms with Gasteiger partial charge in [0.1, 0.15) is 5.76 Å². The molecule has 2 heterocycles. The van der Waals surface area contributed by atoms with Gasteiger partial charge in [-0.2, -0.15) is 4.57 Å². The topological polar surface area (TPSA) is 49.7 Å². The minimum atomic E-state index is -0.734. The first-order valence-electron chi connectivity index (χ1n) is 8.67. The van der Waals surface area contributed by atoms with Gasteiger partial charge in [-0.15, -0.1) is 0 Å². The smallest absolute Gasteiger partial charge is 0.237 e. The summed E-state index contributed by atoms with van der Waals surface area (Å²) in [6, 6.07) is 13.5. The van der Waals surface area contributed by atoms with E-state index in [0.717, 1.165) is 5.69 Å². The van der Waals surface area contributed by atoms with Crippen molar-refractivity contribution in [1.29, 1.82) is 0 Å². The lowest BCUT2D eigenvalue weighted by molar-refractivity contribution is -0.691. The van der Waals surface area contributed by atoms with Crippen LogP contribution in [0.3, 0.4) is 0 Å². The number of aliphatic imine (C=N–C) groups is 1. The number of carbonyl (C=O) groups is 1. The first-order chi connectivity index (χ1) is 13.5. The molecular weight excluding hydrogens is 394 g/mol. The number of aromatic nitrogens is 1. The average Bonchev–Trinajstić information content (AvgIpc) is 3.21. The predicted octanol–water partition coefficient (Wildman–Crippen LogP) is 3.86. The highest BCUT2D eigenvalue weighted by molar-refractivity contribution is 7.77. The Morgan fingerprint density at radius 3 is 2.43 bits per heavy atom. The van der Waals surface area contributed by atoms with Crippen molar-refractivity contribution in [2.24, 2.45) is 4.99 Å². The van der Waals surface area contributed by atoms with E-state index in [9.17, 15) is 4.79 Å². The highest BCUT2D eigenvalue weighted by Gasteiger charge is 2.28. The van der Waals surface area contributed by atoms with Crippen molar-refractivity contribution in [2.75, 3.05) is 19.0 Å². The summed E-state index contributed by atoms with van der Waals surface area (Å²) in [5.74, 6) is 0.542. The number of halogens is 1. The molecular formula is C21H20ClN3O2S. The number of furan rings is 1. The van der Waals surface area contributed by atoms with E-state index >= 15 is 0 Å². The average molecular weight is 414 g/mol. The minimum Gasteiger partial charge on any atom is -0.758 e. The molecule has 0 saturated carbocycles. The Morgan fingerprint density at radius 2 is 1.86 bits per heavy atom. The summed E-state index contributed by atoms with van der Waals surface area (Å²) in [5.41, 5.74) is 1.54. The maximum Gasteiger partial charge on any atom is 0.237 e. The van der Waals surface area contributed by atoms with Crippen LogP contribution in [0.15, 0.2) is 76.6 Å². The number of hydrogen-bond acceptors (Lipinski definition) is 5. The number of nitrogens with zero attached hydrogens (tertiary/aromatic N) is 3. The van der Waals surface area contributed by atoms with E-state index in [4.69, 9.17) is 28.6 Å². The van der Waals surface area contributed by atoms with Crippen LogP contribution in [0.4, 0.5) is 5.69 Å². The SMILES string of the molecule is CN(C)c1cc[n+]([C@H](C(=O)c2ccc(Cl)cc2)C([S-])=NCc2ccco2)cc1. The zero-order valence-electron chi connectivity index (χ0n) is 15.6. The van der Waals surface area contributed by atoms with Gasteiger partial charge in [0.2, 0.25) is 11.8 Å². The monoisotopic (exact) mass is 413 g/mol. The summed E-state index contributed by atoms with van der Waals surface area (Å²) >= 11 is 11.5. The first kappa shape index (κ1) is 20.0. The second-order valence-electron chi connectivity index (χ2n) is 6.41. The minimum absolute atomic E-state index is 0.146. The van der Waals surface area contributed by atoms with Gasteiger partial charge < -0.3 is 26.9 Å². The molecule has 0 bridgehead atoms. The van der Waals surface area contributed by atoms with Gasteiger partial charge in [0.05, 0.1) is 12.8 Å². The van der Waals surface area contributed by atoms with Gasteiger partial charge in [0, 0.05) is 42.5 Å². The Kier molecular flexibility index (Phi) is 6.44. The molecule has 1 aromatic carbocycles. The van der Waals surface area contributed by atoms with Crippen LogP contribution < -0.4 is 9.47 Å². The van der Waals surface area contributed by atoms with Crippen LogP contribution in [0.2, 0.25) is 5.02 Å². The molecule has 5 nitrogen and oxygen atoms in total. The van der Waals surface area contributed by atoms with E-state index in [1.807, 2.05) is 49.6 Å². The van der Waals surface area contributed by atoms with Gasteiger partial charge in [0.15, 0.2) is 12.4 Å². The summed E-state index contributed by atoms with van der Waals surface area (Å²) in [5, 5.41) is 0.861. The van der Waals surface area contributed by atoms with E-state index in [-0.39, 0.29) is 12.3 Å². The highest BCUT2D eigenvalue weighted by Crippen LogP contribution is 2.17. The number of carbonyl (C=O) groups excluding carboxylic acids is 1. The summed E-state index contributed by atoms with van der Waals surface area (Å²) < 4.78 is 7.08. The van der Waals surface area contributed by atoms with E-state index in [1.165, 1.54) is 0 Å². The number of benzene rings is 1. The molecule has 3 aromatic rings. The number of anilines is 1. The van der Waals surface area contributed by atoms with Crippen molar-refractivity contribution in [2.45, 2.75) is 12.6 Å². The molecule has 0 aliphatic heterocycles. The maximum absolute atomic E-state index is 13.2. The molecule has 1 atom stereocenters. The van der Waals surface area contributed by atoms with Crippen molar-refractivity contribution in [3.05, 3.63) is 83.5 Å². The lowest BCUT2D eigenvalue weighted by Crippen LogP contribution is -2.47. The van der Waals surface area contributed by atoms with Crippen molar-refractivity contribution in [1.82, 2.24) is 0 Å². The third-order valence-corrected chi connectivity index (χ3v) is 4.84. The number of rotatable bonds is 7. The molecule has 0 amide bonds. The molecule has 0 fully saturated rings. The normalized spacial score (nSPS) is 12.6. The molecule has 0 aliphatic carbocycles. The van der Waals surface area contributed by atoms with Crippen LogP contribution in [0, 0.1) is 0 Å². The van der Waals surface area contributed by atoms with Crippen LogP contribution in [0.5, 0.6) is 0 Å². The lowest BCUT2D eigenvalue weighted by Gasteiger charge is -2.19. The first-order valence-corrected chi connectivity index (χ1v) is 9.46. The number of pyridine rings is 1. The van der Waals surface area contributed by atoms with Crippen LogP contribution in [0.1, 0.15) is 22.2 Å². The Bertz CT molecular complexity index is 952. The van der Waals surface area contributed by atoms with Crippen molar-refractivity contribution < 1.29 is 13.8 Å². The van der Waals surface area contributed by atoms with E-state index in [0.29, 0.717) is 21.4 Å². The van der Waals surface area contributed by atoms with Crippen LogP contribution in [0.25, 0.3) is 0 Å². The standard InChI is InChI=1S/C21H20ClN3O2S/c1-24(2)17-9-11-25(12-10-17)19(20(26)15-5-7-16(22)8-6-15)21(28)23-14-18-4-3-13-27-18/h3-13,19H,14H2,1-2H3/t19-/m1/s1. The molecule has 0 spiro atoms. The molecule has 3 rings (SSSR count). The van der Waals surface area contributed by atoms with E-state index < -0.39 is 6.04 Å². The zero-order valence-corrected chi connectivity index (χ0v) is 17.2. The van der Waals surface area contributed by atoms with E-state index in [2.05, 4.69) is 4.99 Å². The maximum atomic E-state index is 13.2. The molecule has 0 N–H and O–H groups in total. The van der Waals surface area contributed by atoms with Crippen molar-refractivity contribution in [3.63, 3.8) is 0 Å². The molecule has 2 aromatic heterocycles. The fourth-order valence-corrected chi connectivity index (χ4v) is 3.11. The summed E-state index contributed by atoms with van der Waals surface area (Å²) in [6.07, 6.45) is 5.25. The number of Topliss-reactive ketones (excluding diaryl/α,β-unsaturated/α-hetero) is 1. The fourth-order valence-electron chi connectivity index (χ4n) is 2.69. The molecule has 28 heavy (non-hydrogen) atoms. The largest absolute Gasteiger partial charge is 0.758 e. The van der Waals surface area contributed by atoms with Gasteiger partial charge in [-0.25, -0.2) is 0 Å². The summed E-state index contributed by atoms with van der Waals surface area (Å²) in [7, 11) is 3.92. The van der Waals surface area contributed by atoms with Gasteiger partial charge in [-0.3, -0.25) is 4.79 Å². The second kappa shape index (κ2) is 8.99. The highest BCUT2D eigenvalue weighted by atomic mass is 35.5. The Hall–Kier alpha value is -2.70. The Balaban J connectivity index is 1.95. The molecule has 0 aliphatic rings. The van der Waals surface area contributed by atoms with Gasteiger partial charge >= 0.3 is 0 Å². The Labute approximate surface area is 174 Å². The van der Waals surface area contributed by atoms with Crippen LogP contribution >= 0.6 is 11.6 Å². The summed E-state index contributed by atoms with van der Waals surface area (Å²) in [6.45, 7) is 0.284. The van der Waals surface area contributed by atoms with Crippen molar-refractivity contribution >= 4 is 40.7 Å². The van der Waals surface area contributed by atoms with Crippen LogP contribution in [-0.4, -0.2) is 24.9 Å². The third-order valence-electron chi connectivity index (χ3n) is 4.23. The van der Waals surface area contributed by atoms with E-state index in [1.54, 1.807) is 41.2 Å². The quantitative estimate of drug-likeness (QED) is 0.194. The second-order valence-corrected chi connectivity index (χ2v) is 7.26. The summed E-state index contributed by atoms with van der Waals surface area (Å²) in [4.78, 5) is 19.6. The molecule has 0 radical (unpaired) electrons. The lowest BCUT2D eigenvalue weighted by atomic mass is 10.0. The fraction of sp³-hybridized carbons (Fsp3) is 0.190. The zero-order chi connectivity index (χ0) is 20.1. The van der Waals surface area contributed by atoms with Crippen molar-refractivity contribution in [3.8, 4) is 0 Å². The third kappa shape index (κ3) is 4.77. The number of hydrogen-bond donors (Lipinski definition) is 0. The Morgan fingerprint density at radius 1 is 1.18 bits per heavy atom. The molecule has 0 unspecified atom stereocenters.